The van der Waals surface area contributed by atoms with Gasteiger partial charge in [-0.1, -0.05) is 57.2 Å². The molecule has 0 fully saturated rings. The van der Waals surface area contributed by atoms with Crippen LogP contribution in [0.3, 0.4) is 0 Å². The molecule has 43 heavy (non-hydrogen) atoms. The number of H-pyrrole nitrogens is 1. The van der Waals surface area contributed by atoms with Gasteiger partial charge in [-0.2, -0.15) is 0 Å². The van der Waals surface area contributed by atoms with E-state index in [-0.39, 0.29) is 22.8 Å². The summed E-state index contributed by atoms with van der Waals surface area (Å²) in [7, 11) is 0. The first kappa shape index (κ1) is 26.7. The molecular formula is C37H29F2N3O. The molecule has 0 aliphatic heterocycles. The van der Waals surface area contributed by atoms with E-state index in [1.54, 1.807) is 24.3 Å². The van der Waals surface area contributed by atoms with Gasteiger partial charge in [0.2, 0.25) is 0 Å². The van der Waals surface area contributed by atoms with Gasteiger partial charge in [0.25, 0.3) is 0 Å². The third-order valence-corrected chi connectivity index (χ3v) is 7.99. The molecule has 0 aliphatic rings. The lowest BCUT2D eigenvalue weighted by Crippen LogP contribution is -2.12. The Bertz CT molecular complexity index is 2020. The summed E-state index contributed by atoms with van der Waals surface area (Å²) in [5, 5.41) is 14.2. The standard InChI is InChI=1S/C37H29F2N3O/c1-37(2,3)24-20-29(35(43)32(21-24)42-30-10-6-4-8-27(30)28-9-5-7-11-31(28)42)36-40-33(22-12-16-25(38)17-13-22)34(41-36)23-14-18-26(39)19-15-23/h4-21,43H,1-3H3,(H,40,41). The molecule has 2 aromatic heterocycles. The van der Waals surface area contributed by atoms with Crippen LogP contribution in [0.15, 0.2) is 109 Å². The summed E-state index contributed by atoms with van der Waals surface area (Å²) in [6, 6.07) is 32.6. The number of aromatic amines is 1. The van der Waals surface area contributed by atoms with Crippen molar-refractivity contribution in [2.45, 2.75) is 26.2 Å². The monoisotopic (exact) mass is 569 g/mol. The quantitative estimate of drug-likeness (QED) is 0.222. The first-order valence-electron chi connectivity index (χ1n) is 14.2. The maximum Gasteiger partial charge on any atom is 0.150 e. The molecule has 5 aromatic carbocycles. The average molecular weight is 570 g/mol. The van der Waals surface area contributed by atoms with E-state index in [9.17, 15) is 13.9 Å². The maximum atomic E-state index is 13.8. The Kier molecular flexibility index (Phi) is 6.17. The van der Waals surface area contributed by atoms with Crippen LogP contribution in [0, 0.1) is 11.6 Å². The molecule has 6 heteroatoms. The van der Waals surface area contributed by atoms with Gasteiger partial charge in [-0.05, 0) is 83.8 Å². The fourth-order valence-electron chi connectivity index (χ4n) is 5.73. The minimum absolute atomic E-state index is 0.0737. The van der Waals surface area contributed by atoms with E-state index in [4.69, 9.17) is 4.98 Å². The molecule has 0 spiro atoms. The van der Waals surface area contributed by atoms with Gasteiger partial charge in [-0.15, -0.1) is 0 Å². The SMILES string of the molecule is CC(C)(C)c1cc(-c2nc(-c3ccc(F)cc3)c(-c3ccc(F)cc3)[nH]2)c(O)c(-n2c3ccccc3c3ccccc32)c1. The number of aromatic nitrogens is 3. The van der Waals surface area contributed by atoms with Crippen molar-refractivity contribution >= 4 is 21.8 Å². The Morgan fingerprint density at radius 3 is 1.79 bits per heavy atom. The lowest BCUT2D eigenvalue weighted by molar-refractivity contribution is 0.473. The molecule has 0 aliphatic carbocycles. The van der Waals surface area contributed by atoms with Crippen molar-refractivity contribution in [2.24, 2.45) is 0 Å². The topological polar surface area (TPSA) is 53.8 Å². The number of hydrogen-bond acceptors (Lipinski definition) is 2. The van der Waals surface area contributed by atoms with Gasteiger partial charge >= 0.3 is 0 Å². The fraction of sp³-hybridized carbons (Fsp3) is 0.108. The highest BCUT2D eigenvalue weighted by Crippen LogP contribution is 2.43. The Morgan fingerprint density at radius 1 is 0.698 bits per heavy atom. The third-order valence-electron chi connectivity index (χ3n) is 7.99. The Balaban J connectivity index is 1.52. The van der Waals surface area contributed by atoms with Crippen molar-refractivity contribution < 1.29 is 13.9 Å². The molecule has 0 unspecified atom stereocenters. The molecule has 0 atom stereocenters. The number of halogens is 2. The molecule has 0 radical (unpaired) electrons. The van der Waals surface area contributed by atoms with Crippen LogP contribution in [-0.2, 0) is 5.41 Å². The first-order valence-corrected chi connectivity index (χ1v) is 14.2. The van der Waals surface area contributed by atoms with Crippen molar-refractivity contribution in [3.63, 3.8) is 0 Å². The number of imidazole rings is 1. The number of para-hydroxylation sites is 2. The molecule has 7 aromatic rings. The van der Waals surface area contributed by atoms with E-state index >= 15 is 0 Å². The second-order valence-electron chi connectivity index (χ2n) is 11.8. The minimum atomic E-state index is -0.353. The van der Waals surface area contributed by atoms with Crippen molar-refractivity contribution in [3.8, 4) is 45.3 Å². The Hall–Kier alpha value is -5.23. The van der Waals surface area contributed by atoms with Crippen molar-refractivity contribution in [1.82, 2.24) is 14.5 Å². The highest BCUT2D eigenvalue weighted by atomic mass is 19.1. The summed E-state index contributed by atoms with van der Waals surface area (Å²) in [5.74, 6) is -0.179. The number of phenols is 1. The zero-order valence-electron chi connectivity index (χ0n) is 24.0. The molecule has 0 saturated heterocycles. The number of phenolic OH excluding ortho intramolecular Hbond substituents is 1. The highest BCUT2D eigenvalue weighted by molar-refractivity contribution is 6.09. The van der Waals surface area contributed by atoms with Gasteiger partial charge in [0.05, 0.1) is 33.7 Å². The first-order chi connectivity index (χ1) is 20.7. The normalized spacial score (nSPS) is 11.9. The average Bonchev–Trinajstić information content (AvgIpc) is 3.58. The van der Waals surface area contributed by atoms with Crippen molar-refractivity contribution in [2.75, 3.05) is 0 Å². The zero-order chi connectivity index (χ0) is 29.9. The smallest absolute Gasteiger partial charge is 0.150 e. The van der Waals surface area contributed by atoms with Gasteiger partial charge < -0.3 is 14.7 Å². The van der Waals surface area contributed by atoms with E-state index in [0.29, 0.717) is 39.6 Å². The van der Waals surface area contributed by atoms with Crippen LogP contribution in [0.1, 0.15) is 26.3 Å². The van der Waals surface area contributed by atoms with Crippen molar-refractivity contribution in [1.29, 1.82) is 0 Å². The van der Waals surface area contributed by atoms with Crippen LogP contribution >= 0.6 is 0 Å². The number of nitrogens with zero attached hydrogens (tertiary/aromatic N) is 2. The zero-order valence-corrected chi connectivity index (χ0v) is 24.0. The largest absolute Gasteiger partial charge is 0.505 e. The second kappa shape index (κ2) is 9.95. The molecule has 212 valence electrons. The fourth-order valence-corrected chi connectivity index (χ4v) is 5.73. The molecule has 4 nitrogen and oxygen atoms in total. The third kappa shape index (κ3) is 4.56. The van der Waals surface area contributed by atoms with Gasteiger partial charge in [-0.25, -0.2) is 13.8 Å². The summed E-state index contributed by atoms with van der Waals surface area (Å²) in [6.45, 7) is 6.40. The summed E-state index contributed by atoms with van der Waals surface area (Å²) in [4.78, 5) is 8.39. The number of fused-ring (bicyclic) bond motifs is 3. The molecule has 2 N–H and O–H groups in total. The van der Waals surface area contributed by atoms with Gasteiger partial charge in [-0.3, -0.25) is 0 Å². The predicted octanol–water partition coefficient (Wildman–Crippen LogP) is 9.79. The van der Waals surface area contributed by atoms with Gasteiger partial charge in [0.15, 0.2) is 5.75 Å². The Morgan fingerprint density at radius 2 is 1.23 bits per heavy atom. The number of rotatable bonds is 4. The van der Waals surface area contributed by atoms with E-state index in [0.717, 1.165) is 27.4 Å². The van der Waals surface area contributed by atoms with Gasteiger partial charge in [0, 0.05) is 21.9 Å². The second-order valence-corrected chi connectivity index (χ2v) is 11.8. The molecular weight excluding hydrogens is 540 g/mol. The van der Waals surface area contributed by atoms with Crippen LogP contribution in [0.25, 0.3) is 61.4 Å². The van der Waals surface area contributed by atoms with E-state index in [2.05, 4.69) is 54.6 Å². The van der Waals surface area contributed by atoms with E-state index in [1.807, 2.05) is 36.4 Å². The summed E-state index contributed by atoms with van der Waals surface area (Å²) >= 11 is 0. The minimum Gasteiger partial charge on any atom is -0.505 e. The number of nitrogens with one attached hydrogen (secondary N) is 1. The number of benzene rings is 5. The summed E-state index contributed by atoms with van der Waals surface area (Å²) in [5.41, 5.74) is 6.52. The number of aromatic hydroxyl groups is 1. The van der Waals surface area contributed by atoms with Crippen LogP contribution in [0.2, 0.25) is 0 Å². The van der Waals surface area contributed by atoms with Crippen molar-refractivity contribution in [3.05, 3.63) is 126 Å². The van der Waals surface area contributed by atoms with E-state index < -0.39 is 0 Å². The van der Waals surface area contributed by atoms with Crippen LogP contribution < -0.4 is 0 Å². The van der Waals surface area contributed by atoms with Crippen LogP contribution in [0.5, 0.6) is 5.75 Å². The van der Waals surface area contributed by atoms with Gasteiger partial charge in [0.1, 0.15) is 17.5 Å². The lowest BCUT2D eigenvalue weighted by atomic mass is 9.85. The van der Waals surface area contributed by atoms with E-state index in [1.165, 1.54) is 24.3 Å². The molecule has 0 amide bonds. The molecule has 0 bridgehead atoms. The molecule has 0 saturated carbocycles. The summed E-state index contributed by atoms with van der Waals surface area (Å²) in [6.07, 6.45) is 0. The Labute approximate surface area is 247 Å². The summed E-state index contributed by atoms with van der Waals surface area (Å²) < 4.78 is 29.8. The highest BCUT2D eigenvalue weighted by Gasteiger charge is 2.25. The number of hydrogen-bond donors (Lipinski definition) is 2. The molecule has 7 rings (SSSR count). The maximum absolute atomic E-state index is 13.8. The van der Waals surface area contributed by atoms with Crippen LogP contribution in [-0.4, -0.2) is 19.6 Å². The van der Waals surface area contributed by atoms with Crippen LogP contribution in [0.4, 0.5) is 8.78 Å². The lowest BCUT2D eigenvalue weighted by Gasteiger charge is -2.23. The predicted molar refractivity (Wildman–Crippen MR) is 170 cm³/mol. The molecule has 2 heterocycles.